The van der Waals surface area contributed by atoms with Crippen molar-refractivity contribution in [1.29, 1.82) is 5.41 Å². The smallest absolute Gasteiger partial charge is 0.338 e. The highest BCUT2D eigenvalue weighted by Gasteiger charge is 2.27. The maximum absolute atomic E-state index is 12.3. The van der Waals surface area contributed by atoms with Gasteiger partial charge in [-0.3, -0.25) is 15.0 Å². The van der Waals surface area contributed by atoms with E-state index in [0.717, 1.165) is 5.01 Å². The molecular weight excluding hydrogens is 362 g/mol. The summed E-state index contributed by atoms with van der Waals surface area (Å²) < 4.78 is 0. The van der Waals surface area contributed by atoms with Crippen LogP contribution in [-0.4, -0.2) is 33.9 Å². The van der Waals surface area contributed by atoms with Crippen molar-refractivity contribution in [1.82, 2.24) is 10.4 Å². The first-order valence-electron chi connectivity index (χ1n) is 8.36. The minimum Gasteiger partial charge on any atom is -0.481 e. The molecule has 0 bridgehead atoms. The average Bonchev–Trinajstić information content (AvgIpc) is 2.65. The normalized spacial score (nSPS) is 11.2. The van der Waals surface area contributed by atoms with Crippen molar-refractivity contribution in [3.63, 3.8) is 0 Å². The lowest BCUT2D eigenvalue weighted by Crippen LogP contribution is -2.49. The highest BCUT2D eigenvalue weighted by Crippen LogP contribution is 2.23. The van der Waals surface area contributed by atoms with Gasteiger partial charge in [0.25, 0.3) is 0 Å². The molecule has 0 heterocycles. The Balaban J connectivity index is 2.17. The molecule has 0 aromatic heterocycles. The summed E-state index contributed by atoms with van der Waals surface area (Å²) in [5.74, 6) is -1.72. The van der Waals surface area contributed by atoms with Crippen molar-refractivity contribution < 1.29 is 19.5 Å². The summed E-state index contributed by atoms with van der Waals surface area (Å²) in [6.07, 6.45) is -0.378. The highest BCUT2D eigenvalue weighted by molar-refractivity contribution is 5.96. The molecule has 0 saturated carbocycles. The van der Waals surface area contributed by atoms with Crippen LogP contribution in [-0.2, 0) is 9.59 Å². The van der Waals surface area contributed by atoms with E-state index in [-0.39, 0.29) is 12.3 Å². The van der Waals surface area contributed by atoms with Gasteiger partial charge < -0.3 is 16.2 Å². The van der Waals surface area contributed by atoms with E-state index in [1.54, 1.807) is 54.6 Å². The van der Waals surface area contributed by atoms with E-state index in [2.05, 4.69) is 10.7 Å². The number of nitrogens with one attached hydrogen (secondary N) is 3. The van der Waals surface area contributed by atoms with Crippen LogP contribution in [0.15, 0.2) is 54.6 Å². The number of amides is 3. The van der Waals surface area contributed by atoms with E-state index in [1.165, 1.54) is 6.92 Å². The van der Waals surface area contributed by atoms with Crippen LogP contribution in [0.3, 0.4) is 0 Å². The third-order valence-electron chi connectivity index (χ3n) is 3.88. The lowest BCUT2D eigenvalue weighted by Gasteiger charge is -2.30. The summed E-state index contributed by atoms with van der Waals surface area (Å²) in [4.78, 5) is 35.7. The Morgan fingerprint density at radius 1 is 1.11 bits per heavy atom. The number of amidine groups is 1. The molecule has 2 rings (SSSR count). The second-order valence-corrected chi connectivity index (χ2v) is 5.97. The lowest BCUT2D eigenvalue weighted by atomic mass is 10.0. The summed E-state index contributed by atoms with van der Waals surface area (Å²) >= 11 is 0. The number of hydrazine groups is 1. The summed E-state index contributed by atoms with van der Waals surface area (Å²) in [6, 6.07) is 13.2. The van der Waals surface area contributed by atoms with Crippen LogP contribution in [0.1, 0.15) is 30.5 Å². The number of benzene rings is 2. The van der Waals surface area contributed by atoms with Crippen LogP contribution in [0.4, 0.5) is 10.5 Å². The first-order chi connectivity index (χ1) is 13.3. The number of nitrogens with zero attached hydrogens (tertiary/aromatic N) is 1. The van der Waals surface area contributed by atoms with E-state index in [4.69, 9.17) is 11.1 Å². The molecule has 9 heteroatoms. The molecule has 0 radical (unpaired) electrons. The topological polar surface area (TPSA) is 149 Å². The Bertz CT molecular complexity index is 868. The molecule has 0 aliphatic heterocycles. The molecule has 0 fully saturated rings. The largest absolute Gasteiger partial charge is 0.481 e. The number of nitrogens with two attached hydrogens (primary N) is 1. The second kappa shape index (κ2) is 9.17. The predicted molar refractivity (Wildman–Crippen MR) is 104 cm³/mol. The van der Waals surface area contributed by atoms with E-state index in [1.807, 2.05) is 0 Å². The number of nitrogen functional groups attached to an aromatic ring is 1. The number of carboxylic acids is 1. The number of hydrogen-bond donors (Lipinski definition) is 5. The van der Waals surface area contributed by atoms with Gasteiger partial charge in [-0.25, -0.2) is 15.2 Å². The number of carbonyl (C=O) groups is 3. The van der Waals surface area contributed by atoms with Crippen LogP contribution in [0.2, 0.25) is 0 Å². The predicted octanol–water partition coefficient (Wildman–Crippen LogP) is 2.07. The maximum Gasteiger partial charge on any atom is 0.338 e. The average molecular weight is 383 g/mol. The molecule has 28 heavy (non-hydrogen) atoms. The summed E-state index contributed by atoms with van der Waals surface area (Å²) in [5, 5.41) is 20.1. The minimum absolute atomic E-state index is 0.0990. The Morgan fingerprint density at radius 2 is 1.71 bits per heavy atom. The van der Waals surface area contributed by atoms with Gasteiger partial charge in [0.15, 0.2) is 0 Å². The molecule has 146 valence electrons. The van der Waals surface area contributed by atoms with Gasteiger partial charge in [-0.05, 0) is 29.8 Å². The Kier molecular flexibility index (Phi) is 6.69. The van der Waals surface area contributed by atoms with Crippen LogP contribution in [0, 0.1) is 5.41 Å². The van der Waals surface area contributed by atoms with Gasteiger partial charge in [-0.15, -0.1) is 0 Å². The van der Waals surface area contributed by atoms with Gasteiger partial charge in [0.05, 0.1) is 12.5 Å². The van der Waals surface area contributed by atoms with Crippen molar-refractivity contribution in [3.8, 4) is 0 Å². The highest BCUT2D eigenvalue weighted by atomic mass is 16.4. The van der Waals surface area contributed by atoms with Gasteiger partial charge in [-0.2, -0.15) is 0 Å². The van der Waals surface area contributed by atoms with Crippen molar-refractivity contribution in [3.05, 3.63) is 65.7 Å². The van der Waals surface area contributed by atoms with Gasteiger partial charge >= 0.3 is 12.0 Å². The molecule has 2 aromatic carbocycles. The maximum atomic E-state index is 12.3. The fourth-order valence-electron chi connectivity index (χ4n) is 2.58. The molecule has 1 atom stereocenters. The van der Waals surface area contributed by atoms with Gasteiger partial charge in [0, 0.05) is 18.2 Å². The van der Waals surface area contributed by atoms with Gasteiger partial charge in [0.2, 0.25) is 5.91 Å². The standard InChI is InChI=1S/C19H21N5O4/c1-12(25)24(16(11-17(26)27)13-5-3-2-4-6-13)23-19(28)22-15-9-7-14(8-10-15)18(20)21/h2-10,16H,11H2,1H3,(H3,20,21)(H,26,27)(H2,22,23,28). The Labute approximate surface area is 161 Å². The number of urea groups is 1. The van der Waals surface area contributed by atoms with E-state index in [0.29, 0.717) is 16.8 Å². The second-order valence-electron chi connectivity index (χ2n) is 5.97. The number of carbonyl (C=O) groups excluding carboxylic acids is 2. The number of aliphatic carboxylic acids is 1. The summed E-state index contributed by atoms with van der Waals surface area (Å²) in [6.45, 7) is 1.24. The third kappa shape index (κ3) is 5.56. The SMILES string of the molecule is CC(=O)N(NC(=O)Nc1ccc(C(=N)N)cc1)C(CC(=O)O)c1ccccc1. The number of rotatable bonds is 6. The molecule has 0 spiro atoms. The molecule has 0 aliphatic carbocycles. The van der Waals surface area contributed by atoms with Crippen LogP contribution >= 0.6 is 0 Å². The molecule has 1 unspecified atom stereocenters. The molecule has 3 amide bonds. The summed E-state index contributed by atoms with van der Waals surface area (Å²) in [7, 11) is 0. The Hall–Kier alpha value is -3.88. The zero-order chi connectivity index (χ0) is 20.7. The molecular formula is C19H21N5O4. The first kappa shape index (κ1) is 20.4. The van der Waals surface area contributed by atoms with Crippen LogP contribution < -0.4 is 16.5 Å². The van der Waals surface area contributed by atoms with Gasteiger partial charge in [-0.1, -0.05) is 30.3 Å². The summed E-state index contributed by atoms with van der Waals surface area (Å²) in [5.41, 5.74) is 9.29. The number of hydrogen-bond acceptors (Lipinski definition) is 4. The van der Waals surface area contributed by atoms with Gasteiger partial charge in [0.1, 0.15) is 5.84 Å². The fraction of sp³-hybridized carbons (Fsp3) is 0.158. The zero-order valence-corrected chi connectivity index (χ0v) is 15.2. The third-order valence-corrected chi connectivity index (χ3v) is 3.88. The Morgan fingerprint density at radius 3 is 2.21 bits per heavy atom. The van der Waals surface area contributed by atoms with E-state index >= 15 is 0 Å². The molecule has 9 nitrogen and oxygen atoms in total. The molecule has 6 N–H and O–H groups in total. The zero-order valence-electron chi connectivity index (χ0n) is 15.2. The number of anilines is 1. The number of carboxylic acid groups (broad SMARTS) is 1. The van der Waals surface area contributed by atoms with E-state index < -0.39 is 23.9 Å². The molecule has 0 aliphatic rings. The quantitative estimate of drug-likeness (QED) is 0.294. The monoisotopic (exact) mass is 383 g/mol. The van der Waals surface area contributed by atoms with Crippen molar-refractivity contribution in [2.24, 2.45) is 5.73 Å². The van der Waals surface area contributed by atoms with Crippen molar-refractivity contribution in [2.75, 3.05) is 5.32 Å². The van der Waals surface area contributed by atoms with Crippen LogP contribution in [0.25, 0.3) is 0 Å². The fourth-order valence-corrected chi connectivity index (χ4v) is 2.58. The minimum atomic E-state index is -1.11. The van der Waals surface area contributed by atoms with Crippen molar-refractivity contribution >= 4 is 29.4 Å². The van der Waals surface area contributed by atoms with E-state index in [9.17, 15) is 19.5 Å². The molecule has 0 saturated heterocycles. The van der Waals surface area contributed by atoms with Crippen LogP contribution in [0.5, 0.6) is 0 Å². The first-order valence-corrected chi connectivity index (χ1v) is 8.36. The lowest BCUT2D eigenvalue weighted by molar-refractivity contribution is -0.141. The van der Waals surface area contributed by atoms with Crippen molar-refractivity contribution in [2.45, 2.75) is 19.4 Å². The molecule has 2 aromatic rings.